The molecule has 0 radical (unpaired) electrons. The molecule has 1 fully saturated rings. The fourth-order valence-electron chi connectivity index (χ4n) is 3.33. The van der Waals surface area contributed by atoms with E-state index < -0.39 is 5.91 Å². The molecular weight excluding hydrogens is 465 g/mol. The lowest BCUT2D eigenvalue weighted by molar-refractivity contribution is 0.102. The van der Waals surface area contributed by atoms with Gasteiger partial charge in [-0.1, -0.05) is 29.3 Å². The van der Waals surface area contributed by atoms with Crippen LogP contribution < -0.4 is 20.3 Å². The quantitative estimate of drug-likeness (QED) is 0.483. The molecule has 1 aromatic heterocycles. The largest absolute Gasteiger partial charge is 0.477 e. The van der Waals surface area contributed by atoms with Crippen LogP contribution >= 0.6 is 23.2 Å². The highest BCUT2D eigenvalue weighted by Gasteiger charge is 2.19. The third-order valence-electron chi connectivity index (χ3n) is 4.98. The van der Waals surface area contributed by atoms with Crippen molar-refractivity contribution in [2.24, 2.45) is 0 Å². The van der Waals surface area contributed by atoms with Gasteiger partial charge in [0.25, 0.3) is 5.91 Å². The van der Waals surface area contributed by atoms with Crippen molar-refractivity contribution in [3.8, 4) is 5.88 Å². The summed E-state index contributed by atoms with van der Waals surface area (Å²) < 4.78 is 11.0. The number of amides is 1. The molecule has 0 spiro atoms. The average Bonchev–Trinajstić information content (AvgIpc) is 2.83. The number of hydrogen-bond acceptors (Lipinski definition) is 7. The Labute approximate surface area is 201 Å². The lowest BCUT2D eigenvalue weighted by Gasteiger charge is -2.28. The number of hydrogen-bond donors (Lipinski definition) is 2. The van der Waals surface area contributed by atoms with Gasteiger partial charge in [-0.3, -0.25) is 4.79 Å². The number of anilines is 4. The molecule has 33 heavy (non-hydrogen) atoms. The number of carbonyl (C=O) groups excluding carboxylic acids is 1. The standard InChI is InChI=1S/C23H23Cl2N5O3/c1-2-33-22-17(21(31)28-20-18(24)4-3-5-19(20)25)14-26-23(29-22)27-15-6-8-16(9-7-15)30-10-12-32-13-11-30/h3-9,14H,2,10-13H2,1H3,(H,28,31)(H,26,27,29). The Balaban J connectivity index is 1.50. The van der Waals surface area contributed by atoms with Crippen LogP contribution in [0.3, 0.4) is 0 Å². The average molecular weight is 488 g/mol. The van der Waals surface area contributed by atoms with Gasteiger partial charge in [0.1, 0.15) is 5.56 Å². The first-order valence-electron chi connectivity index (χ1n) is 10.5. The maximum absolute atomic E-state index is 12.8. The highest BCUT2D eigenvalue weighted by atomic mass is 35.5. The smallest absolute Gasteiger partial charge is 0.262 e. The summed E-state index contributed by atoms with van der Waals surface area (Å²) in [5.41, 5.74) is 2.43. The molecule has 4 rings (SSSR count). The number of nitrogens with zero attached hydrogens (tertiary/aromatic N) is 3. The molecule has 2 aromatic carbocycles. The van der Waals surface area contributed by atoms with Crippen molar-refractivity contribution in [3.05, 3.63) is 64.3 Å². The molecule has 1 saturated heterocycles. The Morgan fingerprint density at radius 2 is 1.82 bits per heavy atom. The zero-order valence-corrected chi connectivity index (χ0v) is 19.5. The highest BCUT2D eigenvalue weighted by molar-refractivity contribution is 6.40. The summed E-state index contributed by atoms with van der Waals surface area (Å²) in [7, 11) is 0. The third-order valence-corrected chi connectivity index (χ3v) is 5.61. The van der Waals surface area contributed by atoms with E-state index >= 15 is 0 Å². The summed E-state index contributed by atoms with van der Waals surface area (Å²) >= 11 is 12.3. The van der Waals surface area contributed by atoms with Crippen molar-refractivity contribution in [3.63, 3.8) is 0 Å². The number of aromatic nitrogens is 2. The van der Waals surface area contributed by atoms with Crippen molar-refractivity contribution in [1.82, 2.24) is 9.97 Å². The van der Waals surface area contributed by atoms with E-state index in [9.17, 15) is 4.79 Å². The van der Waals surface area contributed by atoms with Gasteiger partial charge in [0.05, 0.1) is 35.6 Å². The van der Waals surface area contributed by atoms with Crippen LogP contribution in [0.2, 0.25) is 10.0 Å². The number of halogens is 2. The second kappa shape index (κ2) is 10.7. The van der Waals surface area contributed by atoms with Gasteiger partial charge in [-0.15, -0.1) is 0 Å². The van der Waals surface area contributed by atoms with Crippen LogP contribution in [0.15, 0.2) is 48.7 Å². The summed E-state index contributed by atoms with van der Waals surface area (Å²) in [4.78, 5) is 23.8. The fraction of sp³-hybridized carbons (Fsp3) is 0.261. The topological polar surface area (TPSA) is 88.6 Å². The van der Waals surface area contributed by atoms with Crippen LogP contribution in [-0.2, 0) is 4.74 Å². The van der Waals surface area contributed by atoms with Gasteiger partial charge in [0, 0.05) is 30.7 Å². The molecule has 0 atom stereocenters. The lowest BCUT2D eigenvalue weighted by atomic mass is 10.2. The number of nitrogens with one attached hydrogen (secondary N) is 2. The summed E-state index contributed by atoms with van der Waals surface area (Å²) in [5.74, 6) is -0.0135. The van der Waals surface area contributed by atoms with Crippen molar-refractivity contribution in [2.45, 2.75) is 6.92 Å². The fourth-order valence-corrected chi connectivity index (χ4v) is 3.83. The molecule has 2 heterocycles. The van der Waals surface area contributed by atoms with E-state index in [2.05, 4.69) is 25.5 Å². The summed E-state index contributed by atoms with van der Waals surface area (Å²) in [6.45, 7) is 5.35. The Morgan fingerprint density at radius 1 is 1.12 bits per heavy atom. The number of morpholine rings is 1. The number of para-hydroxylation sites is 1. The van der Waals surface area contributed by atoms with Crippen LogP contribution in [0, 0.1) is 0 Å². The maximum atomic E-state index is 12.8. The molecule has 0 unspecified atom stereocenters. The molecule has 2 N–H and O–H groups in total. The summed E-state index contributed by atoms with van der Waals surface area (Å²) in [6, 6.07) is 12.9. The molecule has 10 heteroatoms. The first-order chi connectivity index (χ1) is 16.0. The van der Waals surface area contributed by atoms with E-state index in [-0.39, 0.29) is 11.4 Å². The van der Waals surface area contributed by atoms with E-state index in [1.165, 1.54) is 6.20 Å². The highest BCUT2D eigenvalue weighted by Crippen LogP contribution is 2.31. The van der Waals surface area contributed by atoms with Crippen molar-refractivity contribution < 1.29 is 14.3 Å². The first-order valence-corrected chi connectivity index (χ1v) is 11.3. The molecular formula is C23H23Cl2N5O3. The Hall–Kier alpha value is -3.07. The summed E-state index contributed by atoms with van der Waals surface area (Å²) in [6.07, 6.45) is 1.41. The predicted octanol–water partition coefficient (Wildman–Crippen LogP) is 5.01. The van der Waals surface area contributed by atoms with Crippen LogP contribution in [0.5, 0.6) is 5.88 Å². The van der Waals surface area contributed by atoms with Crippen LogP contribution in [-0.4, -0.2) is 48.8 Å². The molecule has 3 aromatic rings. The van der Waals surface area contributed by atoms with Gasteiger partial charge in [0.2, 0.25) is 11.8 Å². The van der Waals surface area contributed by atoms with Crippen molar-refractivity contribution in [1.29, 1.82) is 0 Å². The number of benzene rings is 2. The summed E-state index contributed by atoms with van der Waals surface area (Å²) in [5, 5.41) is 6.51. The minimum atomic E-state index is -0.477. The Morgan fingerprint density at radius 3 is 2.48 bits per heavy atom. The Kier molecular flexibility index (Phi) is 7.49. The van der Waals surface area contributed by atoms with Gasteiger partial charge in [-0.05, 0) is 43.3 Å². The predicted molar refractivity (Wildman–Crippen MR) is 130 cm³/mol. The molecule has 8 nitrogen and oxygen atoms in total. The first kappa shape index (κ1) is 23.1. The Bertz CT molecular complexity index is 1100. The maximum Gasteiger partial charge on any atom is 0.262 e. The van der Waals surface area contributed by atoms with Crippen molar-refractivity contribution in [2.75, 3.05) is 48.4 Å². The second-order valence-electron chi connectivity index (χ2n) is 7.17. The van der Waals surface area contributed by atoms with Crippen LogP contribution in [0.25, 0.3) is 0 Å². The zero-order chi connectivity index (χ0) is 23.2. The van der Waals surface area contributed by atoms with Gasteiger partial charge in [-0.25, -0.2) is 4.98 Å². The van der Waals surface area contributed by atoms with E-state index in [0.717, 1.165) is 37.7 Å². The second-order valence-corrected chi connectivity index (χ2v) is 7.98. The molecule has 0 bridgehead atoms. The van der Waals surface area contributed by atoms with Crippen LogP contribution in [0.1, 0.15) is 17.3 Å². The lowest BCUT2D eigenvalue weighted by Crippen LogP contribution is -2.36. The van der Waals surface area contributed by atoms with Crippen LogP contribution in [0.4, 0.5) is 23.0 Å². The van der Waals surface area contributed by atoms with Gasteiger partial charge >= 0.3 is 0 Å². The SMILES string of the molecule is CCOc1nc(Nc2ccc(N3CCOCC3)cc2)ncc1C(=O)Nc1c(Cl)cccc1Cl. The van der Waals surface area contributed by atoms with E-state index in [1.807, 2.05) is 31.2 Å². The number of rotatable bonds is 7. The molecule has 1 amide bonds. The van der Waals surface area contributed by atoms with Gasteiger partial charge in [0.15, 0.2) is 0 Å². The molecule has 1 aliphatic rings. The van der Waals surface area contributed by atoms with Gasteiger partial charge < -0.3 is 25.0 Å². The minimum Gasteiger partial charge on any atom is -0.477 e. The zero-order valence-electron chi connectivity index (χ0n) is 18.0. The van der Waals surface area contributed by atoms with Gasteiger partial charge in [-0.2, -0.15) is 4.98 Å². The van der Waals surface area contributed by atoms with E-state index in [4.69, 9.17) is 32.7 Å². The third kappa shape index (κ3) is 5.65. The minimum absolute atomic E-state index is 0.153. The van der Waals surface area contributed by atoms with Crippen molar-refractivity contribution >= 4 is 52.1 Å². The van der Waals surface area contributed by atoms with E-state index in [1.54, 1.807) is 18.2 Å². The molecule has 1 aliphatic heterocycles. The number of ether oxygens (including phenoxy) is 2. The molecule has 172 valence electrons. The number of carbonyl (C=O) groups is 1. The van der Waals surface area contributed by atoms with E-state index in [0.29, 0.717) is 28.3 Å². The monoisotopic (exact) mass is 487 g/mol. The normalized spacial score (nSPS) is 13.5. The molecule has 0 saturated carbocycles. The molecule has 0 aliphatic carbocycles.